The summed E-state index contributed by atoms with van der Waals surface area (Å²) in [5.74, 6) is 0.435. The van der Waals surface area contributed by atoms with E-state index in [0.717, 1.165) is 23.4 Å². The van der Waals surface area contributed by atoms with Crippen LogP contribution in [0.4, 0.5) is 13.2 Å². The van der Waals surface area contributed by atoms with E-state index in [1.807, 2.05) is 24.3 Å². The number of amides is 1. The van der Waals surface area contributed by atoms with Gasteiger partial charge in [-0.15, -0.1) is 0 Å². The summed E-state index contributed by atoms with van der Waals surface area (Å²) in [7, 11) is 0. The molecule has 0 bridgehead atoms. The zero-order chi connectivity index (χ0) is 19.7. The lowest BCUT2D eigenvalue weighted by atomic mass is 9.97. The fourth-order valence-corrected chi connectivity index (χ4v) is 3.29. The summed E-state index contributed by atoms with van der Waals surface area (Å²) < 4.78 is 44.0. The van der Waals surface area contributed by atoms with Crippen LogP contribution >= 0.6 is 0 Å². The zero-order valence-corrected chi connectivity index (χ0v) is 14.7. The molecule has 1 N–H and O–H groups in total. The van der Waals surface area contributed by atoms with E-state index in [2.05, 4.69) is 5.32 Å². The van der Waals surface area contributed by atoms with Gasteiger partial charge in [0, 0.05) is 11.1 Å². The Hall–Kier alpha value is -3.28. The van der Waals surface area contributed by atoms with Crippen LogP contribution in [0.1, 0.15) is 27.5 Å². The first kappa shape index (κ1) is 18.1. The van der Waals surface area contributed by atoms with Crippen LogP contribution in [0.2, 0.25) is 0 Å². The van der Waals surface area contributed by atoms with E-state index in [1.54, 1.807) is 24.3 Å². The zero-order valence-electron chi connectivity index (χ0n) is 14.7. The van der Waals surface area contributed by atoms with Crippen molar-refractivity contribution in [1.82, 2.24) is 5.32 Å². The molecule has 0 aliphatic carbocycles. The molecule has 1 atom stereocenters. The van der Waals surface area contributed by atoms with Gasteiger partial charge in [0.2, 0.25) is 0 Å². The monoisotopic (exact) mass is 383 g/mol. The fourth-order valence-electron chi connectivity index (χ4n) is 3.29. The van der Waals surface area contributed by atoms with Crippen molar-refractivity contribution < 1.29 is 22.7 Å². The second kappa shape index (κ2) is 7.03. The van der Waals surface area contributed by atoms with Gasteiger partial charge in [0.05, 0.1) is 11.6 Å². The molecule has 0 radical (unpaired) electrons. The number of alkyl halides is 3. The molecule has 0 saturated carbocycles. The normalized spacial score (nSPS) is 15.6. The van der Waals surface area contributed by atoms with E-state index in [0.29, 0.717) is 23.3 Å². The van der Waals surface area contributed by atoms with E-state index in [4.69, 9.17) is 4.74 Å². The molecule has 3 aromatic rings. The van der Waals surface area contributed by atoms with Gasteiger partial charge in [0.25, 0.3) is 5.91 Å². The minimum Gasteiger partial charge on any atom is -0.491 e. The quantitative estimate of drug-likeness (QED) is 0.672. The van der Waals surface area contributed by atoms with Crippen LogP contribution in [0.3, 0.4) is 0 Å². The van der Waals surface area contributed by atoms with Crippen molar-refractivity contribution >= 4 is 5.91 Å². The Bertz CT molecular complexity index is 1010. The fraction of sp³-hybridized carbons (Fsp3) is 0.136. The molecule has 0 saturated heterocycles. The molecule has 1 heterocycles. The summed E-state index contributed by atoms with van der Waals surface area (Å²) >= 11 is 0. The molecular formula is C22H16F3NO2. The van der Waals surface area contributed by atoms with Crippen molar-refractivity contribution in [3.05, 3.63) is 89.5 Å². The first-order valence-corrected chi connectivity index (χ1v) is 8.73. The lowest BCUT2D eigenvalue weighted by Gasteiger charge is -2.15. The maximum atomic E-state index is 12.9. The number of para-hydroxylation sites is 1. The Balaban J connectivity index is 1.61. The molecule has 0 fully saturated rings. The van der Waals surface area contributed by atoms with Gasteiger partial charge < -0.3 is 10.1 Å². The molecule has 4 rings (SSSR count). The molecule has 0 spiro atoms. The number of halogens is 3. The van der Waals surface area contributed by atoms with Crippen LogP contribution in [-0.4, -0.2) is 12.5 Å². The van der Waals surface area contributed by atoms with Gasteiger partial charge in [-0.05, 0) is 35.4 Å². The first-order chi connectivity index (χ1) is 13.4. The Morgan fingerprint density at radius 1 is 0.929 bits per heavy atom. The molecule has 28 heavy (non-hydrogen) atoms. The predicted octanol–water partition coefficient (Wildman–Crippen LogP) is 5.24. The van der Waals surface area contributed by atoms with Gasteiger partial charge in [0.15, 0.2) is 0 Å². The summed E-state index contributed by atoms with van der Waals surface area (Å²) in [5.41, 5.74) is 1.69. The SMILES string of the molecule is O=C(NC1COc2ccccc21)c1ccccc1-c1ccc(C(F)(F)F)cc1. The number of fused-ring (bicyclic) bond motifs is 1. The van der Waals surface area contributed by atoms with Crippen molar-refractivity contribution in [2.24, 2.45) is 0 Å². The van der Waals surface area contributed by atoms with E-state index in [1.165, 1.54) is 12.1 Å². The summed E-state index contributed by atoms with van der Waals surface area (Å²) in [6, 6.07) is 18.9. The summed E-state index contributed by atoms with van der Waals surface area (Å²) in [4.78, 5) is 12.9. The molecule has 3 aromatic carbocycles. The Morgan fingerprint density at radius 2 is 1.61 bits per heavy atom. The lowest BCUT2D eigenvalue weighted by Crippen LogP contribution is -2.29. The molecule has 0 aromatic heterocycles. The van der Waals surface area contributed by atoms with Crippen molar-refractivity contribution in [2.75, 3.05) is 6.61 Å². The number of benzene rings is 3. The van der Waals surface area contributed by atoms with E-state index >= 15 is 0 Å². The summed E-state index contributed by atoms with van der Waals surface area (Å²) in [6.07, 6.45) is -4.40. The average molecular weight is 383 g/mol. The van der Waals surface area contributed by atoms with Crippen LogP contribution in [0.15, 0.2) is 72.8 Å². The maximum Gasteiger partial charge on any atom is 0.416 e. The standard InChI is InChI=1S/C22H16F3NO2/c23-22(24,25)15-11-9-14(10-12-15)16-5-1-2-6-17(16)21(27)26-19-13-28-20-8-4-3-7-18(19)20/h1-12,19H,13H2,(H,26,27). The highest BCUT2D eigenvalue weighted by Gasteiger charge is 2.30. The molecule has 142 valence electrons. The summed E-state index contributed by atoms with van der Waals surface area (Å²) in [6.45, 7) is 0.341. The second-order valence-corrected chi connectivity index (χ2v) is 6.50. The van der Waals surface area contributed by atoms with Gasteiger partial charge >= 0.3 is 6.18 Å². The third kappa shape index (κ3) is 3.45. The topological polar surface area (TPSA) is 38.3 Å². The van der Waals surface area contributed by atoms with Crippen LogP contribution in [0, 0.1) is 0 Å². The van der Waals surface area contributed by atoms with E-state index < -0.39 is 11.7 Å². The number of ether oxygens (including phenoxy) is 1. The van der Waals surface area contributed by atoms with Gasteiger partial charge in [-0.25, -0.2) is 0 Å². The predicted molar refractivity (Wildman–Crippen MR) is 99.0 cm³/mol. The van der Waals surface area contributed by atoms with Gasteiger partial charge in [-0.3, -0.25) is 4.79 Å². The van der Waals surface area contributed by atoms with Gasteiger partial charge in [-0.1, -0.05) is 48.5 Å². The Kier molecular flexibility index (Phi) is 4.55. The van der Waals surface area contributed by atoms with Crippen LogP contribution < -0.4 is 10.1 Å². The Labute approximate surface area is 159 Å². The average Bonchev–Trinajstić information content (AvgIpc) is 3.10. The molecule has 1 aliphatic rings. The van der Waals surface area contributed by atoms with Crippen LogP contribution in [-0.2, 0) is 6.18 Å². The lowest BCUT2D eigenvalue weighted by molar-refractivity contribution is -0.137. The van der Waals surface area contributed by atoms with Crippen LogP contribution in [0.25, 0.3) is 11.1 Å². The van der Waals surface area contributed by atoms with Crippen molar-refractivity contribution in [3.8, 4) is 16.9 Å². The highest BCUT2D eigenvalue weighted by molar-refractivity contribution is 6.01. The number of carbonyl (C=O) groups excluding carboxylic acids is 1. The van der Waals surface area contributed by atoms with E-state index in [9.17, 15) is 18.0 Å². The van der Waals surface area contributed by atoms with Crippen molar-refractivity contribution in [3.63, 3.8) is 0 Å². The number of carbonyl (C=O) groups is 1. The smallest absolute Gasteiger partial charge is 0.416 e. The molecule has 6 heteroatoms. The third-order valence-electron chi connectivity index (χ3n) is 4.70. The molecule has 1 aliphatic heterocycles. The molecule has 1 unspecified atom stereocenters. The minimum atomic E-state index is -4.40. The van der Waals surface area contributed by atoms with Crippen molar-refractivity contribution in [1.29, 1.82) is 0 Å². The molecule has 3 nitrogen and oxygen atoms in total. The molecular weight excluding hydrogens is 367 g/mol. The minimum absolute atomic E-state index is 0.274. The van der Waals surface area contributed by atoms with Crippen molar-refractivity contribution in [2.45, 2.75) is 12.2 Å². The first-order valence-electron chi connectivity index (χ1n) is 8.73. The Morgan fingerprint density at radius 3 is 2.36 bits per heavy atom. The highest BCUT2D eigenvalue weighted by Crippen LogP contribution is 2.34. The second-order valence-electron chi connectivity index (χ2n) is 6.50. The highest BCUT2D eigenvalue weighted by atomic mass is 19.4. The third-order valence-corrected chi connectivity index (χ3v) is 4.70. The molecule has 1 amide bonds. The maximum absolute atomic E-state index is 12.9. The summed E-state index contributed by atoms with van der Waals surface area (Å²) in [5, 5.41) is 2.95. The number of hydrogen-bond acceptors (Lipinski definition) is 2. The number of hydrogen-bond donors (Lipinski definition) is 1. The van der Waals surface area contributed by atoms with E-state index in [-0.39, 0.29) is 11.9 Å². The number of nitrogens with one attached hydrogen (secondary N) is 1. The number of rotatable bonds is 3. The van der Waals surface area contributed by atoms with Gasteiger partial charge in [-0.2, -0.15) is 13.2 Å². The van der Waals surface area contributed by atoms with Crippen LogP contribution in [0.5, 0.6) is 5.75 Å². The largest absolute Gasteiger partial charge is 0.491 e. The van der Waals surface area contributed by atoms with Gasteiger partial charge in [0.1, 0.15) is 12.4 Å².